The first-order chi connectivity index (χ1) is 4.75. The molecule has 6 nitrogen and oxygen atoms in total. The zero-order valence-corrected chi connectivity index (χ0v) is 5.16. The van der Waals surface area contributed by atoms with Gasteiger partial charge in [-0.05, 0) is 0 Å². The lowest BCUT2D eigenvalue weighted by Gasteiger charge is -2.22. The monoisotopic (exact) mass is 145 g/mol. The summed E-state index contributed by atoms with van der Waals surface area (Å²) < 4.78 is 0. The Balaban J connectivity index is 2.60. The second kappa shape index (κ2) is 2.63. The van der Waals surface area contributed by atoms with E-state index in [2.05, 4.69) is 16.2 Å². The van der Waals surface area contributed by atoms with Crippen LogP contribution in [0.15, 0.2) is 0 Å². The van der Waals surface area contributed by atoms with E-state index in [9.17, 15) is 9.59 Å². The zero-order chi connectivity index (χ0) is 7.56. The van der Waals surface area contributed by atoms with Crippen molar-refractivity contribution in [2.24, 2.45) is 5.90 Å². The Bertz CT molecular complexity index is 169. The number of hydrogen-bond acceptors (Lipinski definition) is 4. The van der Waals surface area contributed by atoms with Crippen molar-refractivity contribution in [3.05, 3.63) is 0 Å². The van der Waals surface area contributed by atoms with Gasteiger partial charge in [-0.15, -0.1) is 0 Å². The Morgan fingerprint density at radius 3 is 2.80 bits per heavy atom. The summed E-state index contributed by atoms with van der Waals surface area (Å²) in [7, 11) is 0. The number of nitrogens with zero attached hydrogens (tertiary/aromatic N) is 1. The first-order valence-electron chi connectivity index (χ1n) is 2.72. The number of carbonyl (C=O) groups is 2. The van der Waals surface area contributed by atoms with Crippen LogP contribution in [0.1, 0.15) is 0 Å². The van der Waals surface area contributed by atoms with Crippen molar-refractivity contribution in [1.82, 2.24) is 10.4 Å². The number of rotatable bonds is 1. The molecule has 3 N–H and O–H groups in total. The third kappa shape index (κ3) is 1.07. The summed E-state index contributed by atoms with van der Waals surface area (Å²) in [5.74, 6) is 3.24. The summed E-state index contributed by atoms with van der Waals surface area (Å²) in [5.41, 5.74) is 0. The van der Waals surface area contributed by atoms with Gasteiger partial charge in [0.2, 0.25) is 0 Å². The van der Waals surface area contributed by atoms with Crippen molar-refractivity contribution in [3.8, 4) is 0 Å². The molecule has 1 rings (SSSR count). The zero-order valence-electron chi connectivity index (χ0n) is 5.16. The largest absolute Gasteiger partial charge is 0.346 e. The normalized spacial score (nSPS) is 19.1. The van der Waals surface area contributed by atoms with Crippen LogP contribution >= 0.6 is 0 Å². The summed E-state index contributed by atoms with van der Waals surface area (Å²) >= 11 is 0. The summed E-state index contributed by atoms with van der Waals surface area (Å²) in [4.78, 5) is 25.3. The van der Waals surface area contributed by atoms with E-state index in [0.29, 0.717) is 13.1 Å². The SMILES string of the molecule is NON1CCNC(=O)C1=O. The molecule has 1 heterocycles. The molecule has 0 aromatic heterocycles. The minimum Gasteiger partial charge on any atom is -0.346 e. The fourth-order valence-electron chi connectivity index (χ4n) is 0.662. The highest BCUT2D eigenvalue weighted by atomic mass is 16.8. The lowest BCUT2D eigenvalue weighted by atomic mass is 10.4. The summed E-state index contributed by atoms with van der Waals surface area (Å²) in [6, 6.07) is 0. The average molecular weight is 145 g/mol. The van der Waals surface area contributed by atoms with Crippen molar-refractivity contribution >= 4 is 11.8 Å². The fourth-order valence-corrected chi connectivity index (χ4v) is 0.662. The van der Waals surface area contributed by atoms with Crippen LogP contribution in [0.2, 0.25) is 0 Å². The number of hydroxylamine groups is 2. The van der Waals surface area contributed by atoms with E-state index >= 15 is 0 Å². The molecule has 2 amide bonds. The molecule has 0 unspecified atom stereocenters. The summed E-state index contributed by atoms with van der Waals surface area (Å²) in [6.07, 6.45) is 0. The highest BCUT2D eigenvalue weighted by Crippen LogP contribution is 1.92. The van der Waals surface area contributed by atoms with E-state index in [0.717, 1.165) is 5.06 Å². The number of hydrogen-bond donors (Lipinski definition) is 2. The van der Waals surface area contributed by atoms with Gasteiger partial charge in [0.05, 0.1) is 6.54 Å². The molecule has 0 atom stereocenters. The second-order valence-corrected chi connectivity index (χ2v) is 1.77. The highest BCUT2D eigenvalue weighted by Gasteiger charge is 2.26. The van der Waals surface area contributed by atoms with Crippen molar-refractivity contribution in [1.29, 1.82) is 0 Å². The van der Waals surface area contributed by atoms with Gasteiger partial charge in [-0.25, -0.2) is 0 Å². The van der Waals surface area contributed by atoms with Gasteiger partial charge in [0.25, 0.3) is 0 Å². The number of nitrogens with one attached hydrogen (secondary N) is 1. The minimum atomic E-state index is -0.756. The van der Waals surface area contributed by atoms with Crippen LogP contribution in [-0.4, -0.2) is 30.0 Å². The van der Waals surface area contributed by atoms with Gasteiger partial charge in [0.1, 0.15) is 0 Å². The van der Waals surface area contributed by atoms with Gasteiger partial charge in [-0.2, -0.15) is 15.9 Å². The van der Waals surface area contributed by atoms with Gasteiger partial charge >= 0.3 is 11.8 Å². The van der Waals surface area contributed by atoms with Gasteiger partial charge in [0.15, 0.2) is 0 Å². The van der Waals surface area contributed by atoms with E-state index in [1.165, 1.54) is 0 Å². The first kappa shape index (κ1) is 6.97. The Labute approximate surface area is 56.8 Å². The predicted octanol–water partition coefficient (Wildman–Crippen LogP) is -2.25. The molecule has 1 fully saturated rings. The van der Waals surface area contributed by atoms with E-state index in [1.807, 2.05) is 0 Å². The molecule has 0 bridgehead atoms. The molecule has 0 saturated carbocycles. The van der Waals surface area contributed by atoms with Gasteiger partial charge in [-0.1, -0.05) is 0 Å². The first-order valence-corrected chi connectivity index (χ1v) is 2.72. The number of nitrogens with two attached hydrogens (primary N) is 1. The third-order valence-corrected chi connectivity index (χ3v) is 1.15. The molecule has 1 saturated heterocycles. The van der Waals surface area contributed by atoms with Crippen LogP contribution in [0.25, 0.3) is 0 Å². The van der Waals surface area contributed by atoms with Crippen LogP contribution in [0.5, 0.6) is 0 Å². The number of piperazine rings is 1. The standard InChI is InChI=1S/C4H7N3O3/c5-10-7-2-1-6-3(8)4(7)9/h1-2,5H2,(H,6,8). The summed E-state index contributed by atoms with van der Waals surface area (Å²) in [5, 5.41) is 3.13. The quantitative estimate of drug-likeness (QED) is 0.322. The van der Waals surface area contributed by atoms with Crippen LogP contribution in [-0.2, 0) is 14.5 Å². The molecule has 0 aromatic carbocycles. The van der Waals surface area contributed by atoms with Crippen LogP contribution in [0.3, 0.4) is 0 Å². The predicted molar refractivity (Wildman–Crippen MR) is 30.0 cm³/mol. The van der Waals surface area contributed by atoms with Crippen LogP contribution in [0.4, 0.5) is 0 Å². The molecule has 0 aromatic rings. The molecule has 56 valence electrons. The molecule has 0 aliphatic carbocycles. The Kier molecular flexibility index (Phi) is 1.83. The molecular formula is C4H7N3O3. The highest BCUT2D eigenvalue weighted by molar-refractivity contribution is 6.35. The number of amides is 2. The van der Waals surface area contributed by atoms with Crippen molar-refractivity contribution in [3.63, 3.8) is 0 Å². The lowest BCUT2D eigenvalue weighted by molar-refractivity contribution is -0.194. The van der Waals surface area contributed by atoms with E-state index in [-0.39, 0.29) is 0 Å². The van der Waals surface area contributed by atoms with E-state index in [1.54, 1.807) is 0 Å². The maximum atomic E-state index is 10.7. The number of carbonyl (C=O) groups excluding carboxylic acids is 2. The maximum absolute atomic E-state index is 10.7. The smallest absolute Gasteiger partial charge is 0.336 e. The molecule has 10 heavy (non-hydrogen) atoms. The molecular weight excluding hydrogens is 138 g/mol. The Morgan fingerprint density at radius 2 is 2.30 bits per heavy atom. The molecule has 0 radical (unpaired) electrons. The van der Waals surface area contributed by atoms with Gasteiger partial charge in [0, 0.05) is 6.54 Å². The average Bonchev–Trinajstić information content (AvgIpc) is 1.95. The van der Waals surface area contributed by atoms with Crippen molar-refractivity contribution in [2.45, 2.75) is 0 Å². The Hall–Kier alpha value is -1.14. The van der Waals surface area contributed by atoms with Gasteiger partial charge < -0.3 is 5.32 Å². The van der Waals surface area contributed by atoms with E-state index in [4.69, 9.17) is 0 Å². The van der Waals surface area contributed by atoms with Crippen LogP contribution in [0, 0.1) is 0 Å². The molecule has 1 aliphatic rings. The molecule has 1 aliphatic heterocycles. The molecule has 6 heteroatoms. The Morgan fingerprint density at radius 1 is 1.60 bits per heavy atom. The second-order valence-electron chi connectivity index (χ2n) is 1.77. The lowest BCUT2D eigenvalue weighted by Crippen LogP contribution is -2.52. The maximum Gasteiger partial charge on any atom is 0.336 e. The van der Waals surface area contributed by atoms with E-state index < -0.39 is 11.8 Å². The summed E-state index contributed by atoms with van der Waals surface area (Å²) in [6.45, 7) is 0.669. The minimum absolute atomic E-state index is 0.293. The van der Waals surface area contributed by atoms with Crippen molar-refractivity contribution < 1.29 is 14.5 Å². The topological polar surface area (TPSA) is 84.7 Å². The molecule has 0 spiro atoms. The van der Waals surface area contributed by atoms with Gasteiger partial charge in [-0.3, -0.25) is 9.59 Å². The van der Waals surface area contributed by atoms with Crippen LogP contribution < -0.4 is 11.2 Å². The van der Waals surface area contributed by atoms with Crippen molar-refractivity contribution in [2.75, 3.05) is 13.1 Å². The third-order valence-electron chi connectivity index (χ3n) is 1.15. The fraction of sp³-hybridized carbons (Fsp3) is 0.500.